The van der Waals surface area contributed by atoms with Crippen LogP contribution in [0.1, 0.15) is 40.0 Å². The molecule has 0 aliphatic carbocycles. The molecule has 0 radical (unpaired) electrons. The lowest BCUT2D eigenvalue weighted by Crippen LogP contribution is -1.97. The van der Waals surface area contributed by atoms with Crippen molar-refractivity contribution in [2.75, 3.05) is 6.54 Å². The predicted octanol–water partition coefficient (Wildman–Crippen LogP) is 3.18. The summed E-state index contributed by atoms with van der Waals surface area (Å²) in [5.41, 5.74) is 5.27. The first-order valence-corrected chi connectivity index (χ1v) is 4.34. The minimum Gasteiger partial charge on any atom is -0.330 e. The van der Waals surface area contributed by atoms with Gasteiger partial charge in [0.2, 0.25) is 0 Å². The van der Waals surface area contributed by atoms with Crippen LogP contribution in [-0.2, 0) is 0 Å². The molecule has 0 heterocycles. The van der Waals surface area contributed by atoms with E-state index in [9.17, 15) is 0 Å². The number of unbranched alkanes of at least 4 members (excludes halogenated alkanes) is 3. The highest BCUT2D eigenvalue weighted by atomic mass is 32.1. The second-order valence-electron chi connectivity index (χ2n) is 1.93. The quantitative estimate of drug-likeness (QED) is 0.548. The van der Waals surface area contributed by atoms with Crippen LogP contribution in [-0.4, -0.2) is 10.9 Å². The molecule has 2 N–H and O–H groups in total. The third kappa shape index (κ3) is 39.0. The average molecular weight is 193 g/mol. The molecule has 0 rings (SSSR count). The Morgan fingerprint density at radius 1 is 1.18 bits per heavy atom. The van der Waals surface area contributed by atoms with E-state index in [1.807, 2.05) is 4.31 Å². The van der Waals surface area contributed by atoms with Crippen LogP contribution in [0.2, 0.25) is 0 Å². The van der Waals surface area contributed by atoms with Gasteiger partial charge in [-0.25, -0.2) is 0 Å². The van der Waals surface area contributed by atoms with Crippen LogP contribution in [0.5, 0.6) is 0 Å². The highest BCUT2D eigenvalue weighted by Gasteiger charge is 1.80. The van der Waals surface area contributed by atoms with Gasteiger partial charge in [-0.15, -0.1) is 0 Å². The molecule has 0 fully saturated rings. The van der Waals surface area contributed by atoms with Gasteiger partial charge >= 0.3 is 0 Å². The van der Waals surface area contributed by atoms with Crippen LogP contribution in [0.15, 0.2) is 0 Å². The van der Waals surface area contributed by atoms with E-state index < -0.39 is 0 Å². The maximum absolute atomic E-state index is 5.27. The molecule has 0 aromatic heterocycles. The third-order valence-electron chi connectivity index (χ3n) is 1.06. The molecule has 0 unspecified atom stereocenters. The van der Waals surface area contributed by atoms with Crippen LogP contribution in [0, 0.1) is 0 Å². The van der Waals surface area contributed by atoms with Gasteiger partial charge in [0.05, 0.1) is 0 Å². The molecule has 0 aromatic carbocycles. The van der Waals surface area contributed by atoms with E-state index in [2.05, 4.69) is 31.4 Å². The van der Waals surface area contributed by atoms with Gasteiger partial charge in [0.1, 0.15) is 0 Å². The molecular formula is C8H19NS2. The van der Waals surface area contributed by atoms with Gasteiger partial charge < -0.3 is 5.73 Å². The molecule has 0 aromatic rings. The maximum Gasteiger partial charge on any atom is 0.0297 e. The van der Waals surface area contributed by atoms with E-state index in [1.165, 1.54) is 25.7 Å². The van der Waals surface area contributed by atoms with Gasteiger partial charge in [0.25, 0.3) is 0 Å². The van der Waals surface area contributed by atoms with Crippen molar-refractivity contribution in [3.63, 3.8) is 0 Å². The first-order chi connectivity index (χ1) is 4.83. The number of nitrogens with two attached hydrogens (primary N) is 1. The van der Waals surface area contributed by atoms with Gasteiger partial charge in [-0.3, -0.25) is 0 Å². The molecule has 0 aliphatic heterocycles. The Labute approximate surface area is 81.4 Å². The van der Waals surface area contributed by atoms with E-state index in [4.69, 9.17) is 5.73 Å². The van der Waals surface area contributed by atoms with Crippen molar-refractivity contribution in [1.82, 2.24) is 0 Å². The largest absolute Gasteiger partial charge is 0.330 e. The molecule has 0 saturated carbocycles. The van der Waals surface area contributed by atoms with E-state index in [0.29, 0.717) is 0 Å². The highest BCUT2D eigenvalue weighted by molar-refractivity contribution is 7.93. The Morgan fingerprint density at radius 3 is 1.91 bits per heavy atom. The predicted molar refractivity (Wildman–Crippen MR) is 60.1 cm³/mol. The van der Waals surface area contributed by atoms with Crippen LogP contribution in [0.25, 0.3) is 0 Å². The van der Waals surface area contributed by atoms with Gasteiger partial charge in [-0.05, 0) is 37.4 Å². The summed E-state index contributed by atoms with van der Waals surface area (Å²) in [4.78, 5) is 0. The van der Waals surface area contributed by atoms with Crippen molar-refractivity contribution in [3.05, 3.63) is 0 Å². The Bertz CT molecular complexity index is 74.2. The second-order valence-corrected chi connectivity index (χ2v) is 2.60. The molecule has 0 bridgehead atoms. The minimum atomic E-state index is 0. The summed E-state index contributed by atoms with van der Waals surface area (Å²) in [6, 6.07) is 0. The fraction of sp³-hybridized carbons (Fsp3) is 0.875. The SMILES string of the molecule is C.CCCCCCN.S=C=S. The van der Waals surface area contributed by atoms with E-state index in [1.54, 1.807) is 0 Å². The van der Waals surface area contributed by atoms with Gasteiger partial charge in [-0.1, -0.05) is 33.6 Å². The topological polar surface area (TPSA) is 26.0 Å². The monoisotopic (exact) mass is 193 g/mol. The summed E-state index contributed by atoms with van der Waals surface area (Å²) >= 11 is 7.92. The summed E-state index contributed by atoms with van der Waals surface area (Å²) in [7, 11) is 0. The summed E-state index contributed by atoms with van der Waals surface area (Å²) < 4.78 is 1.92. The molecule has 0 amide bonds. The van der Waals surface area contributed by atoms with E-state index >= 15 is 0 Å². The number of rotatable bonds is 4. The maximum atomic E-state index is 5.27. The van der Waals surface area contributed by atoms with Crippen LogP contribution >= 0.6 is 24.4 Å². The average Bonchev–Trinajstić information content (AvgIpc) is 1.91. The van der Waals surface area contributed by atoms with Gasteiger partial charge in [0.15, 0.2) is 0 Å². The minimum absolute atomic E-state index is 0. The number of hydrogen-bond donors (Lipinski definition) is 1. The van der Waals surface area contributed by atoms with Crippen molar-refractivity contribution >= 4 is 28.7 Å². The molecule has 0 atom stereocenters. The Morgan fingerprint density at radius 2 is 1.64 bits per heavy atom. The standard InChI is InChI=1S/C6H15N.CS2.CH4/c1-2-3-4-5-6-7;2-1-3;/h2-7H2,1H3;;1H4. The Kier molecular flexibility index (Phi) is 35.4. The van der Waals surface area contributed by atoms with Crippen LogP contribution in [0.4, 0.5) is 0 Å². The van der Waals surface area contributed by atoms with Crippen molar-refractivity contribution in [2.45, 2.75) is 40.0 Å². The lowest BCUT2D eigenvalue weighted by atomic mass is 10.2. The Balaban J connectivity index is -0.000000140. The van der Waals surface area contributed by atoms with Crippen molar-refractivity contribution < 1.29 is 0 Å². The van der Waals surface area contributed by atoms with E-state index in [-0.39, 0.29) is 7.43 Å². The molecule has 11 heavy (non-hydrogen) atoms. The first-order valence-electron chi connectivity index (χ1n) is 3.52. The van der Waals surface area contributed by atoms with E-state index in [0.717, 1.165) is 6.54 Å². The fourth-order valence-corrected chi connectivity index (χ4v) is 0.571. The fourth-order valence-electron chi connectivity index (χ4n) is 0.571. The zero-order valence-electron chi connectivity index (χ0n) is 6.43. The van der Waals surface area contributed by atoms with Crippen LogP contribution in [0.3, 0.4) is 0 Å². The molecule has 3 heteroatoms. The van der Waals surface area contributed by atoms with Gasteiger partial charge in [-0.2, -0.15) is 0 Å². The summed E-state index contributed by atoms with van der Waals surface area (Å²) in [6.07, 6.45) is 5.16. The van der Waals surface area contributed by atoms with Crippen molar-refractivity contribution in [3.8, 4) is 0 Å². The zero-order valence-corrected chi connectivity index (χ0v) is 8.06. The summed E-state index contributed by atoms with van der Waals surface area (Å²) in [5, 5.41) is 0. The lowest BCUT2D eigenvalue weighted by Gasteiger charge is -1.90. The first kappa shape index (κ1) is 17.3. The summed E-state index contributed by atoms with van der Waals surface area (Å²) in [5.74, 6) is 0. The molecule has 68 valence electrons. The van der Waals surface area contributed by atoms with Crippen LogP contribution < -0.4 is 5.73 Å². The lowest BCUT2D eigenvalue weighted by molar-refractivity contribution is 0.674. The Hall–Kier alpha value is 0.180. The normalized spacial score (nSPS) is 6.73. The molecule has 0 saturated heterocycles. The molecule has 1 nitrogen and oxygen atoms in total. The zero-order chi connectivity index (χ0) is 8.24. The van der Waals surface area contributed by atoms with Gasteiger partial charge in [0, 0.05) is 4.31 Å². The second kappa shape index (κ2) is 22.5. The van der Waals surface area contributed by atoms with Crippen molar-refractivity contribution in [1.29, 1.82) is 0 Å². The number of hydrogen-bond acceptors (Lipinski definition) is 3. The van der Waals surface area contributed by atoms with Crippen molar-refractivity contribution in [2.24, 2.45) is 5.73 Å². The molecule has 0 spiro atoms. The molecular weight excluding hydrogens is 174 g/mol. The smallest absolute Gasteiger partial charge is 0.0297 e. The highest BCUT2D eigenvalue weighted by Crippen LogP contribution is 1.95. The third-order valence-corrected chi connectivity index (χ3v) is 1.06. The number of thiocarbonyl (C=S) groups is 2. The summed E-state index contributed by atoms with van der Waals surface area (Å²) in [6.45, 7) is 3.07. The molecule has 0 aliphatic rings.